The van der Waals surface area contributed by atoms with E-state index in [1.807, 2.05) is 6.92 Å². The molecule has 1 aromatic carbocycles. The van der Waals surface area contributed by atoms with Crippen molar-refractivity contribution < 1.29 is 9.50 Å². The topological polar surface area (TPSA) is 20.2 Å². The van der Waals surface area contributed by atoms with E-state index in [4.69, 9.17) is 5.11 Å². The number of rotatable bonds is 1. The minimum absolute atomic E-state index is 0.300. The molecule has 0 saturated heterocycles. The lowest BCUT2D eigenvalue weighted by Crippen LogP contribution is -1.95. The molecule has 0 radical (unpaired) electrons. The van der Waals surface area contributed by atoms with Crippen LogP contribution < -0.4 is 0 Å². The van der Waals surface area contributed by atoms with Crippen LogP contribution in [0.1, 0.15) is 24.2 Å². The Labute approximate surface area is 65.5 Å². The Morgan fingerprint density at radius 3 is 2.55 bits per heavy atom. The predicted octanol–water partition coefficient (Wildman–Crippen LogP) is 2.19. The van der Waals surface area contributed by atoms with Gasteiger partial charge in [-0.2, -0.15) is 0 Å². The van der Waals surface area contributed by atoms with Gasteiger partial charge in [0.25, 0.3) is 0 Å². The van der Waals surface area contributed by atoms with Gasteiger partial charge in [-0.25, -0.2) is 4.39 Å². The average molecular weight is 154 g/mol. The number of halogens is 1. The minimum Gasteiger partial charge on any atom is -0.389 e. The van der Waals surface area contributed by atoms with E-state index in [9.17, 15) is 4.39 Å². The van der Waals surface area contributed by atoms with Crippen molar-refractivity contribution in [3.8, 4) is 0 Å². The second kappa shape index (κ2) is 3.01. The van der Waals surface area contributed by atoms with Gasteiger partial charge in [0.05, 0.1) is 6.10 Å². The van der Waals surface area contributed by atoms with Crippen molar-refractivity contribution >= 4 is 0 Å². The van der Waals surface area contributed by atoms with E-state index in [2.05, 4.69) is 0 Å². The van der Waals surface area contributed by atoms with Crippen molar-refractivity contribution in [2.45, 2.75) is 20.0 Å². The average Bonchev–Trinajstić information content (AvgIpc) is 1.94. The molecule has 0 bridgehead atoms. The van der Waals surface area contributed by atoms with Crippen LogP contribution >= 0.6 is 0 Å². The highest BCUT2D eigenvalue weighted by Crippen LogP contribution is 2.17. The van der Waals surface area contributed by atoms with Crippen molar-refractivity contribution in [3.05, 3.63) is 35.1 Å². The summed E-state index contributed by atoms with van der Waals surface area (Å²) in [4.78, 5) is 0. The van der Waals surface area contributed by atoms with E-state index in [-0.39, 0.29) is 5.82 Å². The Balaban J connectivity index is 3.13. The first kappa shape index (κ1) is 8.21. The van der Waals surface area contributed by atoms with Crippen LogP contribution in [0.25, 0.3) is 0 Å². The van der Waals surface area contributed by atoms with Crippen LogP contribution in [0.2, 0.25) is 0 Å². The van der Waals surface area contributed by atoms with Gasteiger partial charge in [-0.1, -0.05) is 6.07 Å². The monoisotopic (exact) mass is 154 g/mol. The van der Waals surface area contributed by atoms with Crippen molar-refractivity contribution in [1.82, 2.24) is 0 Å². The SMILES string of the molecule is Cc1ccc(F)cc1C(C)O. The van der Waals surface area contributed by atoms with E-state index in [0.29, 0.717) is 5.56 Å². The second-order valence-corrected chi connectivity index (χ2v) is 2.68. The lowest BCUT2D eigenvalue weighted by atomic mass is 10.0. The molecule has 0 aliphatic carbocycles. The fourth-order valence-corrected chi connectivity index (χ4v) is 1.06. The van der Waals surface area contributed by atoms with Crippen LogP contribution in [0.5, 0.6) is 0 Å². The summed E-state index contributed by atoms with van der Waals surface area (Å²) in [5, 5.41) is 9.16. The normalized spacial score (nSPS) is 13.1. The molecule has 1 aromatic rings. The van der Waals surface area contributed by atoms with Crippen molar-refractivity contribution in [3.63, 3.8) is 0 Å². The molecule has 0 heterocycles. The third kappa shape index (κ3) is 1.77. The largest absolute Gasteiger partial charge is 0.389 e. The summed E-state index contributed by atoms with van der Waals surface area (Å²) in [6.45, 7) is 3.48. The van der Waals surface area contributed by atoms with Crippen molar-refractivity contribution in [2.24, 2.45) is 0 Å². The van der Waals surface area contributed by atoms with Crippen LogP contribution in [-0.2, 0) is 0 Å². The van der Waals surface area contributed by atoms with Gasteiger partial charge in [0, 0.05) is 0 Å². The number of hydrogen-bond donors (Lipinski definition) is 1. The number of aryl methyl sites for hydroxylation is 1. The van der Waals surface area contributed by atoms with Crippen molar-refractivity contribution in [1.29, 1.82) is 0 Å². The maximum Gasteiger partial charge on any atom is 0.123 e. The summed E-state index contributed by atoms with van der Waals surface area (Å²) in [7, 11) is 0. The number of benzene rings is 1. The summed E-state index contributed by atoms with van der Waals surface area (Å²) >= 11 is 0. The quantitative estimate of drug-likeness (QED) is 0.657. The Kier molecular flexibility index (Phi) is 2.25. The van der Waals surface area contributed by atoms with Gasteiger partial charge in [0.15, 0.2) is 0 Å². The van der Waals surface area contributed by atoms with E-state index in [1.165, 1.54) is 12.1 Å². The van der Waals surface area contributed by atoms with Gasteiger partial charge < -0.3 is 5.11 Å². The molecule has 1 rings (SSSR count). The number of hydrogen-bond acceptors (Lipinski definition) is 1. The second-order valence-electron chi connectivity index (χ2n) is 2.68. The van der Waals surface area contributed by atoms with Crippen LogP contribution in [-0.4, -0.2) is 5.11 Å². The van der Waals surface area contributed by atoms with Crippen LogP contribution in [0.3, 0.4) is 0 Å². The molecule has 0 aliphatic heterocycles. The van der Waals surface area contributed by atoms with Crippen molar-refractivity contribution in [2.75, 3.05) is 0 Å². The molecule has 0 spiro atoms. The highest BCUT2D eigenvalue weighted by molar-refractivity contribution is 5.27. The molecule has 1 unspecified atom stereocenters. The molecular weight excluding hydrogens is 143 g/mol. The molecule has 1 atom stereocenters. The first-order chi connectivity index (χ1) is 5.11. The van der Waals surface area contributed by atoms with Gasteiger partial charge in [0.2, 0.25) is 0 Å². The van der Waals surface area contributed by atoms with Crippen LogP contribution in [0.4, 0.5) is 4.39 Å². The maximum absolute atomic E-state index is 12.6. The summed E-state index contributed by atoms with van der Waals surface area (Å²) in [6, 6.07) is 4.42. The lowest BCUT2D eigenvalue weighted by molar-refractivity contribution is 0.198. The fraction of sp³-hybridized carbons (Fsp3) is 0.333. The summed E-state index contributed by atoms with van der Waals surface area (Å²) in [5.74, 6) is -0.300. The predicted molar refractivity (Wildman–Crippen MR) is 41.8 cm³/mol. The highest BCUT2D eigenvalue weighted by Gasteiger charge is 2.04. The zero-order chi connectivity index (χ0) is 8.43. The maximum atomic E-state index is 12.6. The standard InChI is InChI=1S/C9H11FO/c1-6-3-4-8(10)5-9(6)7(2)11/h3-5,7,11H,1-2H3. The molecule has 0 saturated carbocycles. The molecule has 0 fully saturated rings. The minimum atomic E-state index is -0.592. The molecule has 1 N–H and O–H groups in total. The number of aliphatic hydroxyl groups is 1. The van der Waals surface area contributed by atoms with E-state index < -0.39 is 6.10 Å². The lowest BCUT2D eigenvalue weighted by Gasteiger charge is -2.07. The highest BCUT2D eigenvalue weighted by atomic mass is 19.1. The smallest absolute Gasteiger partial charge is 0.123 e. The van der Waals surface area contributed by atoms with E-state index in [0.717, 1.165) is 5.56 Å². The molecule has 11 heavy (non-hydrogen) atoms. The zero-order valence-electron chi connectivity index (χ0n) is 6.63. The van der Waals surface area contributed by atoms with Gasteiger partial charge in [-0.3, -0.25) is 0 Å². The molecule has 0 amide bonds. The molecule has 60 valence electrons. The van der Waals surface area contributed by atoms with Gasteiger partial charge in [0.1, 0.15) is 5.82 Å². The summed E-state index contributed by atoms with van der Waals surface area (Å²) in [6.07, 6.45) is -0.592. The fourth-order valence-electron chi connectivity index (χ4n) is 1.06. The summed E-state index contributed by atoms with van der Waals surface area (Å²) < 4.78 is 12.6. The Morgan fingerprint density at radius 1 is 1.45 bits per heavy atom. The van der Waals surface area contributed by atoms with E-state index >= 15 is 0 Å². The third-order valence-corrected chi connectivity index (χ3v) is 1.69. The van der Waals surface area contributed by atoms with E-state index in [1.54, 1.807) is 13.0 Å². The molecule has 0 aromatic heterocycles. The first-order valence-corrected chi connectivity index (χ1v) is 3.55. The Hall–Kier alpha value is -0.890. The third-order valence-electron chi connectivity index (χ3n) is 1.69. The molecule has 2 heteroatoms. The van der Waals surface area contributed by atoms with Crippen LogP contribution in [0.15, 0.2) is 18.2 Å². The van der Waals surface area contributed by atoms with Crippen LogP contribution in [0, 0.1) is 12.7 Å². The Morgan fingerprint density at radius 2 is 2.09 bits per heavy atom. The summed E-state index contributed by atoms with van der Waals surface area (Å²) in [5.41, 5.74) is 1.58. The van der Waals surface area contributed by atoms with Gasteiger partial charge >= 0.3 is 0 Å². The zero-order valence-corrected chi connectivity index (χ0v) is 6.63. The molecule has 0 aliphatic rings. The van der Waals surface area contributed by atoms with Gasteiger partial charge in [-0.15, -0.1) is 0 Å². The molecule has 1 nitrogen and oxygen atoms in total. The number of aliphatic hydroxyl groups excluding tert-OH is 1. The van der Waals surface area contributed by atoms with Gasteiger partial charge in [-0.05, 0) is 37.1 Å². The Bertz CT molecular complexity index is 256. The molecular formula is C9H11FO. The first-order valence-electron chi connectivity index (χ1n) is 3.55.